The van der Waals surface area contributed by atoms with E-state index in [9.17, 15) is 4.79 Å². The van der Waals surface area contributed by atoms with Gasteiger partial charge >= 0.3 is 0 Å². The van der Waals surface area contributed by atoms with Crippen molar-refractivity contribution in [2.75, 3.05) is 13.1 Å². The van der Waals surface area contributed by atoms with Crippen molar-refractivity contribution >= 4 is 5.91 Å². The number of H-pyrrole nitrogens is 1. The van der Waals surface area contributed by atoms with E-state index in [-0.39, 0.29) is 11.8 Å². The monoisotopic (exact) mass is 238 g/mol. The lowest BCUT2D eigenvalue weighted by molar-refractivity contribution is -0.123. The molecule has 1 aromatic rings. The molecule has 0 saturated carbocycles. The molecule has 96 valence electrons. The van der Waals surface area contributed by atoms with Gasteiger partial charge in [-0.2, -0.15) is 5.10 Å². The summed E-state index contributed by atoms with van der Waals surface area (Å²) in [4.78, 5) is 11.3. The van der Waals surface area contributed by atoms with Gasteiger partial charge in [0, 0.05) is 36.8 Å². The Labute approximate surface area is 102 Å². The highest BCUT2D eigenvalue weighted by molar-refractivity contribution is 5.77. The van der Waals surface area contributed by atoms with Crippen LogP contribution in [0.2, 0.25) is 0 Å². The molecule has 0 radical (unpaired) electrons. The van der Waals surface area contributed by atoms with Gasteiger partial charge in [0.2, 0.25) is 5.91 Å². The van der Waals surface area contributed by atoms with E-state index in [0.717, 1.165) is 24.5 Å². The van der Waals surface area contributed by atoms with Gasteiger partial charge in [0.25, 0.3) is 0 Å². The average molecular weight is 238 g/mol. The summed E-state index contributed by atoms with van der Waals surface area (Å²) in [6, 6.07) is 0. The second kappa shape index (κ2) is 6.39. The lowest BCUT2D eigenvalue weighted by Crippen LogP contribution is -2.34. The molecule has 1 amide bonds. The van der Waals surface area contributed by atoms with Crippen LogP contribution in [0.3, 0.4) is 0 Å². The van der Waals surface area contributed by atoms with Crippen LogP contribution < -0.4 is 10.6 Å². The molecule has 0 atom stereocenters. The highest BCUT2D eigenvalue weighted by atomic mass is 16.1. The van der Waals surface area contributed by atoms with Crippen molar-refractivity contribution in [3.63, 3.8) is 0 Å². The van der Waals surface area contributed by atoms with Crippen molar-refractivity contribution in [1.29, 1.82) is 0 Å². The molecule has 1 heterocycles. The number of carbonyl (C=O) groups is 1. The molecular weight excluding hydrogens is 216 g/mol. The second-order valence-corrected chi connectivity index (χ2v) is 4.54. The summed E-state index contributed by atoms with van der Waals surface area (Å²) < 4.78 is 0. The SMILES string of the molecule is Cc1n[nH]c(C)c1CNCCNC(=O)C(C)C. The van der Waals surface area contributed by atoms with Gasteiger partial charge in [0.15, 0.2) is 0 Å². The number of rotatable bonds is 6. The van der Waals surface area contributed by atoms with Crippen LogP contribution in [-0.2, 0) is 11.3 Å². The Morgan fingerprint density at radius 2 is 2.06 bits per heavy atom. The fourth-order valence-corrected chi connectivity index (χ4v) is 1.53. The van der Waals surface area contributed by atoms with E-state index < -0.39 is 0 Å². The van der Waals surface area contributed by atoms with E-state index in [1.807, 2.05) is 27.7 Å². The lowest BCUT2D eigenvalue weighted by atomic mass is 10.2. The van der Waals surface area contributed by atoms with Crippen LogP contribution in [0.15, 0.2) is 0 Å². The highest BCUT2D eigenvalue weighted by Crippen LogP contribution is 2.07. The van der Waals surface area contributed by atoms with Crippen LogP contribution >= 0.6 is 0 Å². The summed E-state index contributed by atoms with van der Waals surface area (Å²) in [5.41, 5.74) is 3.34. The first kappa shape index (κ1) is 13.7. The molecular formula is C12H22N4O. The Balaban J connectivity index is 2.19. The zero-order chi connectivity index (χ0) is 12.8. The number of aromatic amines is 1. The summed E-state index contributed by atoms with van der Waals surface area (Å²) in [7, 11) is 0. The summed E-state index contributed by atoms with van der Waals surface area (Å²) in [6.45, 7) is 9.99. The number of aromatic nitrogens is 2. The van der Waals surface area contributed by atoms with Crippen LogP contribution in [0.4, 0.5) is 0 Å². The van der Waals surface area contributed by atoms with Crippen LogP contribution in [-0.4, -0.2) is 29.2 Å². The molecule has 0 aliphatic carbocycles. The zero-order valence-corrected chi connectivity index (χ0v) is 11.1. The summed E-state index contributed by atoms with van der Waals surface area (Å²) in [5, 5.41) is 13.2. The van der Waals surface area contributed by atoms with Crippen molar-refractivity contribution in [1.82, 2.24) is 20.8 Å². The molecule has 3 N–H and O–H groups in total. The maximum absolute atomic E-state index is 11.3. The van der Waals surface area contributed by atoms with Crippen molar-refractivity contribution in [2.45, 2.75) is 34.2 Å². The minimum Gasteiger partial charge on any atom is -0.355 e. The maximum atomic E-state index is 11.3. The van der Waals surface area contributed by atoms with E-state index in [4.69, 9.17) is 0 Å². The summed E-state index contributed by atoms with van der Waals surface area (Å²) in [5.74, 6) is 0.149. The van der Waals surface area contributed by atoms with Gasteiger partial charge in [-0.1, -0.05) is 13.8 Å². The van der Waals surface area contributed by atoms with Crippen LogP contribution in [0.1, 0.15) is 30.8 Å². The molecule has 1 aromatic heterocycles. The van der Waals surface area contributed by atoms with Crippen molar-refractivity contribution in [3.05, 3.63) is 17.0 Å². The van der Waals surface area contributed by atoms with Crippen LogP contribution in [0.5, 0.6) is 0 Å². The van der Waals surface area contributed by atoms with E-state index >= 15 is 0 Å². The van der Waals surface area contributed by atoms with Crippen LogP contribution in [0.25, 0.3) is 0 Å². The number of carbonyl (C=O) groups excluding carboxylic acids is 1. The first-order valence-corrected chi connectivity index (χ1v) is 6.01. The van der Waals surface area contributed by atoms with Gasteiger partial charge in [-0.3, -0.25) is 9.89 Å². The topological polar surface area (TPSA) is 69.8 Å². The molecule has 0 aliphatic heterocycles. The Morgan fingerprint density at radius 1 is 1.35 bits per heavy atom. The number of nitrogens with zero attached hydrogens (tertiary/aromatic N) is 1. The van der Waals surface area contributed by atoms with Crippen molar-refractivity contribution < 1.29 is 4.79 Å². The van der Waals surface area contributed by atoms with E-state index in [2.05, 4.69) is 20.8 Å². The Morgan fingerprint density at radius 3 is 2.59 bits per heavy atom. The van der Waals surface area contributed by atoms with Gasteiger partial charge in [0.05, 0.1) is 5.69 Å². The van der Waals surface area contributed by atoms with Gasteiger partial charge in [-0.15, -0.1) is 0 Å². The minimum atomic E-state index is 0.0494. The molecule has 0 saturated heterocycles. The maximum Gasteiger partial charge on any atom is 0.222 e. The molecule has 0 fully saturated rings. The third-order valence-electron chi connectivity index (χ3n) is 2.71. The van der Waals surface area contributed by atoms with Crippen molar-refractivity contribution in [3.8, 4) is 0 Å². The number of nitrogens with one attached hydrogen (secondary N) is 3. The Hall–Kier alpha value is -1.36. The van der Waals surface area contributed by atoms with E-state index in [0.29, 0.717) is 6.54 Å². The molecule has 1 rings (SSSR count). The molecule has 0 spiro atoms. The van der Waals surface area contributed by atoms with Crippen molar-refractivity contribution in [2.24, 2.45) is 5.92 Å². The normalized spacial score (nSPS) is 10.9. The number of aryl methyl sites for hydroxylation is 2. The highest BCUT2D eigenvalue weighted by Gasteiger charge is 2.06. The second-order valence-electron chi connectivity index (χ2n) is 4.54. The predicted octanol–water partition coefficient (Wildman–Crippen LogP) is 0.888. The number of amides is 1. The van der Waals surface area contributed by atoms with Gasteiger partial charge in [-0.25, -0.2) is 0 Å². The first-order chi connectivity index (χ1) is 8.02. The smallest absolute Gasteiger partial charge is 0.222 e. The molecule has 0 aliphatic rings. The standard InChI is InChI=1S/C12H22N4O/c1-8(2)12(17)14-6-5-13-7-11-9(3)15-16-10(11)4/h8,13H,5-7H2,1-4H3,(H,14,17)(H,15,16). The summed E-state index contributed by atoms with van der Waals surface area (Å²) >= 11 is 0. The quantitative estimate of drug-likeness (QED) is 0.645. The molecule has 0 bridgehead atoms. The third-order valence-corrected chi connectivity index (χ3v) is 2.71. The van der Waals surface area contributed by atoms with E-state index in [1.54, 1.807) is 0 Å². The lowest BCUT2D eigenvalue weighted by Gasteiger charge is -2.08. The molecule has 17 heavy (non-hydrogen) atoms. The van der Waals surface area contributed by atoms with Crippen LogP contribution in [0, 0.1) is 19.8 Å². The zero-order valence-electron chi connectivity index (χ0n) is 11.1. The third kappa shape index (κ3) is 4.19. The fraction of sp³-hybridized carbons (Fsp3) is 0.667. The summed E-state index contributed by atoms with van der Waals surface area (Å²) in [6.07, 6.45) is 0. The average Bonchev–Trinajstić information content (AvgIpc) is 2.59. The molecule has 0 aromatic carbocycles. The van der Waals surface area contributed by atoms with Gasteiger partial charge < -0.3 is 10.6 Å². The number of hydrogen-bond donors (Lipinski definition) is 3. The van der Waals surface area contributed by atoms with Gasteiger partial charge in [0.1, 0.15) is 0 Å². The fourth-order valence-electron chi connectivity index (χ4n) is 1.53. The Kier molecular flexibility index (Phi) is 5.15. The molecule has 5 heteroatoms. The van der Waals surface area contributed by atoms with E-state index in [1.165, 1.54) is 5.56 Å². The largest absolute Gasteiger partial charge is 0.355 e. The minimum absolute atomic E-state index is 0.0494. The number of hydrogen-bond acceptors (Lipinski definition) is 3. The molecule has 0 unspecified atom stereocenters. The molecule has 5 nitrogen and oxygen atoms in total. The predicted molar refractivity (Wildman–Crippen MR) is 67.6 cm³/mol. The first-order valence-electron chi connectivity index (χ1n) is 6.01. The van der Waals surface area contributed by atoms with Gasteiger partial charge in [-0.05, 0) is 13.8 Å². The Bertz CT molecular complexity index is 351.